The van der Waals surface area contributed by atoms with Crippen LogP contribution in [-0.2, 0) is 14.8 Å². The predicted octanol–water partition coefficient (Wildman–Crippen LogP) is 3.16. The van der Waals surface area contributed by atoms with E-state index in [9.17, 15) is 13.2 Å². The van der Waals surface area contributed by atoms with Gasteiger partial charge in [-0.3, -0.25) is 4.79 Å². The van der Waals surface area contributed by atoms with E-state index >= 15 is 0 Å². The van der Waals surface area contributed by atoms with E-state index in [1.54, 1.807) is 13.8 Å². The fraction of sp³-hybridized carbons (Fsp3) is 0.526. The third kappa shape index (κ3) is 5.52. The number of nitrogens with zero attached hydrogens (tertiary/aromatic N) is 3. The lowest BCUT2D eigenvalue weighted by atomic mass is 9.99. The molecular formula is C19H27N5O3S2. The van der Waals surface area contributed by atoms with Gasteiger partial charge >= 0.3 is 0 Å². The molecule has 1 aromatic carbocycles. The average Bonchev–Trinajstić information content (AvgIpc) is 3.17. The normalized spacial score (nSPS) is 18.4. The number of carbonyl (C=O) groups is 1. The molecule has 2 N–H and O–H groups in total. The Bertz CT molecular complexity index is 943. The molecule has 1 aliphatic rings. The van der Waals surface area contributed by atoms with Gasteiger partial charge in [-0.15, -0.1) is 10.2 Å². The number of rotatable bonds is 7. The lowest BCUT2D eigenvalue weighted by Gasteiger charge is -2.33. The molecule has 2 aromatic rings. The fourth-order valence-corrected chi connectivity index (χ4v) is 5.49. The Balaban J connectivity index is 1.65. The first kappa shape index (κ1) is 21.7. The number of piperidine rings is 1. The minimum absolute atomic E-state index is 0.171. The number of nitrogens with one attached hydrogen (secondary N) is 2. The maximum atomic E-state index is 12.6. The summed E-state index contributed by atoms with van der Waals surface area (Å²) in [4.78, 5) is 13.8. The van der Waals surface area contributed by atoms with Crippen LogP contribution in [0.25, 0.3) is 0 Å². The molecule has 0 radical (unpaired) electrons. The zero-order chi connectivity index (χ0) is 21.0. The second-order valence-electron chi connectivity index (χ2n) is 7.40. The maximum Gasteiger partial charge on any atom is 0.270 e. The Kier molecular flexibility index (Phi) is 6.86. The van der Waals surface area contributed by atoms with Crippen molar-refractivity contribution in [2.24, 2.45) is 5.92 Å². The molecular weight excluding hydrogens is 410 g/mol. The van der Waals surface area contributed by atoms with Crippen molar-refractivity contribution < 1.29 is 13.2 Å². The first-order valence-electron chi connectivity index (χ1n) is 9.79. The molecule has 1 amide bonds. The van der Waals surface area contributed by atoms with Gasteiger partial charge in [-0.1, -0.05) is 37.3 Å². The number of hydrogen-bond donors (Lipinski definition) is 2. The summed E-state index contributed by atoms with van der Waals surface area (Å²) in [6.07, 6.45) is 2.74. The zero-order valence-electron chi connectivity index (χ0n) is 16.9. The van der Waals surface area contributed by atoms with E-state index in [0.29, 0.717) is 5.92 Å². The van der Waals surface area contributed by atoms with E-state index in [1.165, 1.54) is 12.8 Å². The Labute approximate surface area is 175 Å². The maximum absolute atomic E-state index is 12.6. The van der Waals surface area contributed by atoms with Gasteiger partial charge in [0.05, 0.1) is 0 Å². The van der Waals surface area contributed by atoms with E-state index in [-0.39, 0.29) is 21.8 Å². The minimum atomic E-state index is -3.83. The summed E-state index contributed by atoms with van der Waals surface area (Å²) in [6.45, 7) is 7.87. The summed E-state index contributed by atoms with van der Waals surface area (Å²) >= 11 is 0.831. The quantitative estimate of drug-likeness (QED) is 0.645. The Hall–Kier alpha value is -2.04. The van der Waals surface area contributed by atoms with Crippen LogP contribution in [0.4, 0.5) is 10.8 Å². The van der Waals surface area contributed by atoms with Gasteiger partial charge < -0.3 is 10.2 Å². The average molecular weight is 438 g/mol. The molecule has 0 saturated carbocycles. The fourth-order valence-electron chi connectivity index (χ4n) is 3.33. The third-order valence-corrected chi connectivity index (χ3v) is 7.70. The van der Waals surface area contributed by atoms with E-state index in [1.807, 2.05) is 24.3 Å². The zero-order valence-corrected chi connectivity index (χ0v) is 18.5. The molecule has 1 fully saturated rings. The van der Waals surface area contributed by atoms with E-state index < -0.39 is 16.1 Å². The van der Waals surface area contributed by atoms with Gasteiger partial charge in [-0.2, -0.15) is 0 Å². The third-order valence-electron chi connectivity index (χ3n) is 4.95. The van der Waals surface area contributed by atoms with Crippen LogP contribution < -0.4 is 14.9 Å². The highest BCUT2D eigenvalue weighted by Gasteiger charge is 2.24. The summed E-state index contributed by atoms with van der Waals surface area (Å²) in [6, 6.07) is 7.57. The lowest BCUT2D eigenvalue weighted by Crippen LogP contribution is -2.34. The molecule has 10 heteroatoms. The van der Waals surface area contributed by atoms with E-state index in [2.05, 4.69) is 32.1 Å². The van der Waals surface area contributed by atoms with Crippen molar-refractivity contribution in [3.8, 4) is 0 Å². The molecule has 0 bridgehead atoms. The van der Waals surface area contributed by atoms with Crippen LogP contribution >= 0.6 is 11.3 Å². The lowest BCUT2D eigenvalue weighted by molar-refractivity contribution is -0.115. The predicted molar refractivity (Wildman–Crippen MR) is 115 cm³/mol. The van der Waals surface area contributed by atoms with Crippen LogP contribution in [0, 0.1) is 5.92 Å². The number of benzene rings is 1. The topological polar surface area (TPSA) is 104 Å². The Morgan fingerprint density at radius 2 is 2.03 bits per heavy atom. The van der Waals surface area contributed by atoms with Gasteiger partial charge in [0.1, 0.15) is 0 Å². The molecule has 0 unspecified atom stereocenters. The summed E-state index contributed by atoms with van der Waals surface area (Å²) in [5.74, 6) is 0.447. The highest BCUT2D eigenvalue weighted by molar-refractivity contribution is 7.91. The van der Waals surface area contributed by atoms with Crippen molar-refractivity contribution in [1.29, 1.82) is 0 Å². The first-order chi connectivity index (χ1) is 13.8. The standard InChI is InChI=1S/C19H27N5O3S2/c1-4-17(25)20-18-21-22-19(28-18)29(26,27)23-14(3)15-7-9-16(10-8-15)24-11-5-6-13(2)12-24/h7-10,13-14,23H,4-6,11-12H2,1-3H3,(H,20,21,25)/t13-,14+/m0/s1. The molecule has 2 atom stereocenters. The number of carbonyl (C=O) groups excluding carboxylic acids is 1. The monoisotopic (exact) mass is 437 g/mol. The summed E-state index contributed by atoms with van der Waals surface area (Å²) < 4.78 is 27.7. The summed E-state index contributed by atoms with van der Waals surface area (Å²) in [5.41, 5.74) is 2.03. The SMILES string of the molecule is CCC(=O)Nc1nnc(S(=O)(=O)N[C@H](C)c2ccc(N3CCC[C@H](C)C3)cc2)s1. The van der Waals surface area contributed by atoms with Crippen molar-refractivity contribution in [1.82, 2.24) is 14.9 Å². The van der Waals surface area contributed by atoms with E-state index in [0.717, 1.165) is 35.7 Å². The second kappa shape index (κ2) is 9.19. The van der Waals surface area contributed by atoms with Crippen LogP contribution in [0.15, 0.2) is 28.6 Å². The van der Waals surface area contributed by atoms with Crippen LogP contribution in [-0.4, -0.2) is 37.6 Å². The summed E-state index contributed by atoms with van der Waals surface area (Å²) in [5, 5.41) is 10.1. The highest BCUT2D eigenvalue weighted by Crippen LogP contribution is 2.26. The van der Waals surface area contributed by atoms with E-state index in [4.69, 9.17) is 0 Å². The molecule has 2 heterocycles. The number of sulfonamides is 1. The number of hydrogen-bond acceptors (Lipinski definition) is 7. The van der Waals surface area contributed by atoms with Crippen LogP contribution in [0.3, 0.4) is 0 Å². The first-order valence-corrected chi connectivity index (χ1v) is 12.1. The van der Waals surface area contributed by atoms with Gasteiger partial charge in [-0.25, -0.2) is 13.1 Å². The van der Waals surface area contributed by atoms with Crippen LogP contribution in [0.2, 0.25) is 0 Å². The van der Waals surface area contributed by atoms with Gasteiger partial charge in [-0.05, 0) is 43.4 Å². The highest BCUT2D eigenvalue weighted by atomic mass is 32.2. The van der Waals surface area contributed by atoms with Crippen molar-refractivity contribution in [3.63, 3.8) is 0 Å². The minimum Gasteiger partial charge on any atom is -0.371 e. The largest absolute Gasteiger partial charge is 0.371 e. The molecule has 29 heavy (non-hydrogen) atoms. The smallest absolute Gasteiger partial charge is 0.270 e. The molecule has 8 nitrogen and oxygen atoms in total. The number of amides is 1. The Morgan fingerprint density at radius 1 is 1.31 bits per heavy atom. The molecule has 0 spiro atoms. The molecule has 3 rings (SSSR count). The van der Waals surface area contributed by atoms with Gasteiger partial charge in [0.25, 0.3) is 10.0 Å². The van der Waals surface area contributed by atoms with Crippen LogP contribution in [0.5, 0.6) is 0 Å². The number of aromatic nitrogens is 2. The summed E-state index contributed by atoms with van der Waals surface area (Å²) in [7, 11) is -3.83. The Morgan fingerprint density at radius 3 is 2.69 bits per heavy atom. The van der Waals surface area contributed by atoms with Crippen LogP contribution in [0.1, 0.15) is 51.6 Å². The van der Waals surface area contributed by atoms with Gasteiger partial charge in [0, 0.05) is 31.2 Å². The van der Waals surface area contributed by atoms with Gasteiger partial charge in [0.2, 0.25) is 15.4 Å². The molecule has 1 aromatic heterocycles. The molecule has 1 saturated heterocycles. The van der Waals surface area contributed by atoms with Crippen molar-refractivity contribution >= 4 is 38.1 Å². The molecule has 158 valence electrons. The van der Waals surface area contributed by atoms with Gasteiger partial charge in [0.15, 0.2) is 0 Å². The van der Waals surface area contributed by atoms with Crippen molar-refractivity contribution in [3.05, 3.63) is 29.8 Å². The second-order valence-corrected chi connectivity index (χ2v) is 10.3. The molecule has 1 aliphatic heterocycles. The number of anilines is 2. The van der Waals surface area contributed by atoms with Crippen molar-refractivity contribution in [2.45, 2.75) is 50.4 Å². The van der Waals surface area contributed by atoms with Crippen molar-refractivity contribution in [2.75, 3.05) is 23.3 Å². The molecule has 0 aliphatic carbocycles.